The van der Waals surface area contributed by atoms with Gasteiger partial charge in [0.05, 0.1) is 17.6 Å². The number of benzene rings is 1. The number of rotatable bonds is 7. The van der Waals surface area contributed by atoms with E-state index >= 15 is 0 Å². The molecule has 18 heavy (non-hydrogen) atoms. The number of nitro groups is 1. The summed E-state index contributed by atoms with van der Waals surface area (Å²) < 4.78 is 5.53. The number of hydrogen-bond donors (Lipinski definition) is 1. The molecule has 0 fully saturated rings. The van der Waals surface area contributed by atoms with Crippen molar-refractivity contribution in [3.05, 3.63) is 33.9 Å². The molecule has 0 amide bonds. The van der Waals surface area contributed by atoms with Gasteiger partial charge in [-0.3, -0.25) is 10.1 Å². The van der Waals surface area contributed by atoms with Crippen molar-refractivity contribution >= 4 is 17.4 Å². The van der Waals surface area contributed by atoms with Crippen LogP contribution in [0.2, 0.25) is 0 Å². The summed E-state index contributed by atoms with van der Waals surface area (Å²) >= 11 is 1.75. The van der Waals surface area contributed by atoms with E-state index in [0.717, 1.165) is 11.5 Å². The van der Waals surface area contributed by atoms with E-state index in [2.05, 4.69) is 6.92 Å². The molecule has 1 atom stereocenters. The highest BCUT2D eigenvalue weighted by atomic mass is 32.2. The molecule has 0 aliphatic rings. The zero-order valence-corrected chi connectivity index (χ0v) is 11.3. The molecule has 0 bridgehead atoms. The van der Waals surface area contributed by atoms with Crippen LogP contribution in [0.5, 0.6) is 5.75 Å². The van der Waals surface area contributed by atoms with Crippen molar-refractivity contribution in [1.82, 2.24) is 0 Å². The van der Waals surface area contributed by atoms with Gasteiger partial charge in [0.1, 0.15) is 5.75 Å². The lowest BCUT2D eigenvalue weighted by molar-refractivity contribution is -0.385. The minimum atomic E-state index is -0.793. The Balaban J connectivity index is 2.80. The van der Waals surface area contributed by atoms with Crippen molar-refractivity contribution in [3.8, 4) is 5.75 Å². The molecule has 6 heteroatoms. The van der Waals surface area contributed by atoms with Crippen molar-refractivity contribution < 1.29 is 14.8 Å². The fourth-order valence-electron chi connectivity index (χ4n) is 1.46. The van der Waals surface area contributed by atoms with Gasteiger partial charge in [-0.25, -0.2) is 0 Å². The van der Waals surface area contributed by atoms with Crippen LogP contribution in [-0.2, 0) is 0 Å². The average Bonchev–Trinajstić information content (AvgIpc) is 2.34. The fourth-order valence-corrected chi connectivity index (χ4v) is 1.95. The number of nitrogens with zero attached hydrogens (tertiary/aromatic N) is 1. The molecule has 0 saturated heterocycles. The van der Waals surface area contributed by atoms with E-state index in [4.69, 9.17) is 4.74 Å². The zero-order valence-electron chi connectivity index (χ0n) is 10.5. The standard InChI is InChI=1S/C12H17NO4S/c1-3-18-7-6-17-12-5-4-10(13(15)16)8-11(12)9(2)14/h4-5,8-9,14H,3,6-7H2,1-2H3/t9-/m0/s1. The quantitative estimate of drug-likeness (QED) is 0.469. The molecule has 0 aliphatic carbocycles. The summed E-state index contributed by atoms with van der Waals surface area (Å²) in [5, 5.41) is 20.3. The van der Waals surface area contributed by atoms with Gasteiger partial charge in [-0.1, -0.05) is 6.92 Å². The van der Waals surface area contributed by atoms with Gasteiger partial charge in [0, 0.05) is 23.4 Å². The van der Waals surface area contributed by atoms with Crippen LogP contribution < -0.4 is 4.74 Å². The Labute approximate surface area is 110 Å². The third kappa shape index (κ3) is 4.19. The smallest absolute Gasteiger partial charge is 0.270 e. The first-order valence-electron chi connectivity index (χ1n) is 5.73. The summed E-state index contributed by atoms with van der Waals surface area (Å²) in [6.45, 7) is 4.15. The fraction of sp³-hybridized carbons (Fsp3) is 0.500. The van der Waals surface area contributed by atoms with Gasteiger partial charge in [-0.2, -0.15) is 11.8 Å². The summed E-state index contributed by atoms with van der Waals surface area (Å²) in [5.74, 6) is 2.38. The van der Waals surface area contributed by atoms with Crippen molar-refractivity contribution in [2.75, 3.05) is 18.1 Å². The lowest BCUT2D eigenvalue weighted by atomic mass is 10.1. The number of aliphatic hydroxyl groups is 1. The first-order valence-corrected chi connectivity index (χ1v) is 6.88. The Hall–Kier alpha value is -1.27. The Kier molecular flexibility index (Phi) is 5.94. The molecule has 0 spiro atoms. The zero-order chi connectivity index (χ0) is 13.5. The largest absolute Gasteiger partial charge is 0.492 e. The number of hydrogen-bond acceptors (Lipinski definition) is 5. The van der Waals surface area contributed by atoms with Crippen LogP contribution in [0.3, 0.4) is 0 Å². The average molecular weight is 271 g/mol. The summed E-state index contributed by atoms with van der Waals surface area (Å²) in [4.78, 5) is 10.2. The van der Waals surface area contributed by atoms with Crippen molar-refractivity contribution in [3.63, 3.8) is 0 Å². The number of thioether (sulfide) groups is 1. The van der Waals surface area contributed by atoms with E-state index in [-0.39, 0.29) is 5.69 Å². The maximum Gasteiger partial charge on any atom is 0.270 e. The van der Waals surface area contributed by atoms with E-state index in [9.17, 15) is 15.2 Å². The van der Waals surface area contributed by atoms with Gasteiger partial charge < -0.3 is 9.84 Å². The molecule has 0 radical (unpaired) electrons. The molecular formula is C12H17NO4S. The molecule has 0 unspecified atom stereocenters. The van der Waals surface area contributed by atoms with Gasteiger partial charge in [0.15, 0.2) is 0 Å². The van der Waals surface area contributed by atoms with Crippen molar-refractivity contribution in [2.45, 2.75) is 20.0 Å². The SMILES string of the molecule is CCSCCOc1ccc([N+](=O)[O-])cc1[C@H](C)O. The summed E-state index contributed by atoms with van der Waals surface area (Å²) in [5.41, 5.74) is 0.409. The van der Waals surface area contributed by atoms with E-state index < -0.39 is 11.0 Å². The minimum Gasteiger partial charge on any atom is -0.492 e. The second-order valence-electron chi connectivity index (χ2n) is 3.70. The molecule has 1 aromatic carbocycles. The molecular weight excluding hydrogens is 254 g/mol. The monoisotopic (exact) mass is 271 g/mol. The van der Waals surface area contributed by atoms with Gasteiger partial charge in [-0.15, -0.1) is 0 Å². The summed E-state index contributed by atoms with van der Waals surface area (Å²) in [6, 6.07) is 4.28. The maximum atomic E-state index is 10.7. The first kappa shape index (κ1) is 14.8. The Bertz CT molecular complexity index is 409. The van der Waals surface area contributed by atoms with Crippen LogP contribution in [0.15, 0.2) is 18.2 Å². The van der Waals surface area contributed by atoms with E-state index in [1.807, 2.05) is 0 Å². The predicted octanol–water partition coefficient (Wildman–Crippen LogP) is 2.78. The van der Waals surface area contributed by atoms with Gasteiger partial charge in [0.2, 0.25) is 0 Å². The number of nitro benzene ring substituents is 1. The lowest BCUT2D eigenvalue weighted by Crippen LogP contribution is -2.05. The number of aliphatic hydroxyl groups excluding tert-OH is 1. The predicted molar refractivity (Wildman–Crippen MR) is 72.2 cm³/mol. The summed E-state index contributed by atoms with van der Waals surface area (Å²) in [7, 11) is 0. The van der Waals surface area contributed by atoms with Gasteiger partial charge in [-0.05, 0) is 18.7 Å². The van der Waals surface area contributed by atoms with Crippen LogP contribution in [0, 0.1) is 10.1 Å². The van der Waals surface area contributed by atoms with Crippen LogP contribution >= 0.6 is 11.8 Å². The molecule has 100 valence electrons. The van der Waals surface area contributed by atoms with E-state index in [1.165, 1.54) is 18.2 Å². The van der Waals surface area contributed by atoms with Crippen LogP contribution in [0.4, 0.5) is 5.69 Å². The maximum absolute atomic E-state index is 10.7. The third-order valence-electron chi connectivity index (χ3n) is 2.34. The molecule has 0 aliphatic heterocycles. The highest BCUT2D eigenvalue weighted by Gasteiger charge is 2.15. The van der Waals surface area contributed by atoms with Crippen LogP contribution in [0.1, 0.15) is 25.5 Å². The molecule has 0 saturated carbocycles. The highest BCUT2D eigenvalue weighted by Crippen LogP contribution is 2.29. The molecule has 0 heterocycles. The van der Waals surface area contributed by atoms with Crippen LogP contribution in [0.25, 0.3) is 0 Å². The topological polar surface area (TPSA) is 72.6 Å². The Morgan fingerprint density at radius 2 is 2.28 bits per heavy atom. The molecule has 1 aromatic rings. The molecule has 1 rings (SSSR count). The number of non-ortho nitro benzene ring substituents is 1. The normalized spacial score (nSPS) is 12.2. The Morgan fingerprint density at radius 1 is 1.56 bits per heavy atom. The second-order valence-corrected chi connectivity index (χ2v) is 5.09. The first-order chi connectivity index (χ1) is 8.56. The van der Waals surface area contributed by atoms with Gasteiger partial charge in [0.25, 0.3) is 5.69 Å². The Morgan fingerprint density at radius 3 is 2.83 bits per heavy atom. The third-order valence-corrected chi connectivity index (χ3v) is 3.21. The van der Waals surface area contributed by atoms with Crippen LogP contribution in [-0.4, -0.2) is 28.1 Å². The molecule has 0 aromatic heterocycles. The lowest BCUT2D eigenvalue weighted by Gasteiger charge is -2.13. The second kappa shape index (κ2) is 7.23. The summed E-state index contributed by atoms with van der Waals surface area (Å²) in [6.07, 6.45) is -0.793. The van der Waals surface area contributed by atoms with Crippen molar-refractivity contribution in [2.24, 2.45) is 0 Å². The van der Waals surface area contributed by atoms with Gasteiger partial charge >= 0.3 is 0 Å². The van der Waals surface area contributed by atoms with Crippen molar-refractivity contribution in [1.29, 1.82) is 0 Å². The molecule has 5 nitrogen and oxygen atoms in total. The van der Waals surface area contributed by atoms with E-state index in [0.29, 0.717) is 17.9 Å². The number of ether oxygens (including phenoxy) is 1. The molecule has 1 N–H and O–H groups in total. The van der Waals surface area contributed by atoms with E-state index in [1.54, 1.807) is 18.7 Å². The highest BCUT2D eigenvalue weighted by molar-refractivity contribution is 7.99. The minimum absolute atomic E-state index is 0.0406.